The number of nitriles is 1. The molecule has 0 aromatic heterocycles. The van der Waals surface area contributed by atoms with Crippen LogP contribution >= 0.6 is 0 Å². The highest BCUT2D eigenvalue weighted by Gasteiger charge is 2.22. The van der Waals surface area contributed by atoms with Crippen molar-refractivity contribution in [1.82, 2.24) is 5.32 Å². The number of benzene rings is 1. The first-order valence-corrected chi connectivity index (χ1v) is 5.46. The van der Waals surface area contributed by atoms with Crippen molar-refractivity contribution < 1.29 is 4.74 Å². The largest absolute Gasteiger partial charge is 0.490 e. The monoisotopic (exact) mass is 218 g/mol. The first-order chi connectivity index (χ1) is 7.65. The predicted octanol–water partition coefficient (Wildman–Crippen LogP) is 2.13. The summed E-state index contributed by atoms with van der Waals surface area (Å²) in [6.07, 6.45) is 0.930. The minimum Gasteiger partial charge on any atom is -0.490 e. The molecule has 0 radical (unpaired) electrons. The summed E-state index contributed by atoms with van der Waals surface area (Å²) in [5.74, 6) is 0.863. The Morgan fingerprint density at radius 2 is 2.12 bits per heavy atom. The van der Waals surface area contributed by atoms with Crippen molar-refractivity contribution in [3.8, 4) is 11.8 Å². The molecule has 86 valence electrons. The van der Waals surface area contributed by atoms with Crippen LogP contribution < -0.4 is 10.1 Å². The maximum atomic E-state index is 9.00. The predicted molar refractivity (Wildman–Crippen MR) is 64.4 cm³/mol. The fourth-order valence-electron chi connectivity index (χ4n) is 1.32. The van der Waals surface area contributed by atoms with E-state index < -0.39 is 5.54 Å². The van der Waals surface area contributed by atoms with Gasteiger partial charge in [-0.3, -0.25) is 5.32 Å². The molecule has 1 rings (SSSR count). The summed E-state index contributed by atoms with van der Waals surface area (Å²) in [6, 6.07) is 10.1. The van der Waals surface area contributed by atoms with Crippen molar-refractivity contribution in [1.29, 1.82) is 5.26 Å². The average Bonchev–Trinajstić information content (AvgIpc) is 2.36. The molecule has 1 N–H and O–H groups in total. The Bertz CT molecular complexity index is 384. The summed E-state index contributed by atoms with van der Waals surface area (Å²) in [5.41, 5.74) is 0.528. The second-order valence-electron chi connectivity index (χ2n) is 3.94. The fourth-order valence-corrected chi connectivity index (χ4v) is 1.32. The highest BCUT2D eigenvalue weighted by Crippen LogP contribution is 2.19. The van der Waals surface area contributed by atoms with Crippen molar-refractivity contribution >= 4 is 0 Å². The van der Waals surface area contributed by atoms with Crippen LogP contribution in [0.2, 0.25) is 0 Å². The number of nitrogens with zero attached hydrogens (tertiary/aromatic N) is 1. The zero-order valence-electron chi connectivity index (χ0n) is 10.1. The van der Waals surface area contributed by atoms with E-state index in [1.54, 1.807) is 7.05 Å². The van der Waals surface area contributed by atoms with E-state index in [0.717, 1.165) is 12.2 Å². The van der Waals surface area contributed by atoms with E-state index in [2.05, 4.69) is 18.3 Å². The van der Waals surface area contributed by atoms with Crippen molar-refractivity contribution in [2.45, 2.75) is 25.8 Å². The SMILES string of the molecule is CCc1ccccc1OCC(C)(C#N)NC. The van der Waals surface area contributed by atoms with E-state index in [4.69, 9.17) is 10.00 Å². The molecule has 1 atom stereocenters. The third kappa shape index (κ3) is 2.98. The smallest absolute Gasteiger partial charge is 0.137 e. The van der Waals surface area contributed by atoms with Gasteiger partial charge in [0.1, 0.15) is 17.9 Å². The van der Waals surface area contributed by atoms with E-state index in [9.17, 15) is 0 Å². The van der Waals surface area contributed by atoms with E-state index in [1.807, 2.05) is 31.2 Å². The van der Waals surface area contributed by atoms with Crippen LogP contribution in [0, 0.1) is 11.3 Å². The number of para-hydroxylation sites is 1. The van der Waals surface area contributed by atoms with Gasteiger partial charge in [-0.15, -0.1) is 0 Å². The maximum Gasteiger partial charge on any atom is 0.137 e. The number of aryl methyl sites for hydroxylation is 1. The van der Waals surface area contributed by atoms with E-state index in [0.29, 0.717) is 6.61 Å². The van der Waals surface area contributed by atoms with Gasteiger partial charge in [0, 0.05) is 0 Å². The molecule has 0 saturated heterocycles. The summed E-state index contributed by atoms with van der Waals surface area (Å²) < 4.78 is 5.69. The van der Waals surface area contributed by atoms with Crippen molar-refractivity contribution in [2.24, 2.45) is 0 Å². The molecule has 1 aromatic carbocycles. The van der Waals surface area contributed by atoms with Crippen molar-refractivity contribution in [2.75, 3.05) is 13.7 Å². The molecule has 0 spiro atoms. The first-order valence-electron chi connectivity index (χ1n) is 5.46. The lowest BCUT2D eigenvalue weighted by Gasteiger charge is -2.21. The summed E-state index contributed by atoms with van der Waals surface area (Å²) in [7, 11) is 1.76. The molecule has 0 aliphatic carbocycles. The molecule has 1 unspecified atom stereocenters. The molecular formula is C13H18N2O. The van der Waals surface area contributed by atoms with Crippen LogP contribution in [-0.2, 0) is 6.42 Å². The summed E-state index contributed by atoms with van der Waals surface area (Å²) in [5, 5.41) is 11.9. The Kier molecular flexibility index (Phi) is 4.33. The van der Waals surface area contributed by atoms with Crippen LogP contribution in [-0.4, -0.2) is 19.2 Å². The Balaban J connectivity index is 2.71. The Hall–Kier alpha value is -1.53. The number of nitrogens with one attached hydrogen (secondary N) is 1. The van der Waals surface area contributed by atoms with E-state index in [-0.39, 0.29) is 0 Å². The van der Waals surface area contributed by atoms with Crippen LogP contribution in [0.4, 0.5) is 0 Å². The molecule has 0 fully saturated rings. The second-order valence-corrected chi connectivity index (χ2v) is 3.94. The first kappa shape index (κ1) is 12.5. The quantitative estimate of drug-likeness (QED) is 0.823. The summed E-state index contributed by atoms with van der Waals surface area (Å²) >= 11 is 0. The zero-order chi connectivity index (χ0) is 12.0. The van der Waals surface area contributed by atoms with Gasteiger partial charge in [-0.05, 0) is 32.0 Å². The lowest BCUT2D eigenvalue weighted by Crippen LogP contribution is -2.43. The molecule has 0 aliphatic heterocycles. The summed E-state index contributed by atoms with van der Waals surface area (Å²) in [6.45, 7) is 4.25. The Morgan fingerprint density at radius 1 is 1.44 bits per heavy atom. The molecule has 0 amide bonds. The highest BCUT2D eigenvalue weighted by atomic mass is 16.5. The van der Waals surface area contributed by atoms with Gasteiger partial charge in [0.25, 0.3) is 0 Å². The topological polar surface area (TPSA) is 45.0 Å². The molecule has 0 heterocycles. The normalized spacial score (nSPS) is 13.9. The fraction of sp³-hybridized carbons (Fsp3) is 0.462. The van der Waals surface area contributed by atoms with Gasteiger partial charge in [0.2, 0.25) is 0 Å². The number of likely N-dealkylation sites (N-methyl/N-ethyl adjacent to an activating group) is 1. The van der Waals surface area contributed by atoms with Crippen LogP contribution in [0.25, 0.3) is 0 Å². The molecule has 3 heteroatoms. The third-order valence-electron chi connectivity index (χ3n) is 2.67. The minimum absolute atomic E-state index is 0.344. The molecule has 3 nitrogen and oxygen atoms in total. The molecule has 1 aromatic rings. The van der Waals surface area contributed by atoms with Crippen LogP contribution in [0.15, 0.2) is 24.3 Å². The lowest BCUT2D eigenvalue weighted by molar-refractivity contribution is 0.240. The summed E-state index contributed by atoms with van der Waals surface area (Å²) in [4.78, 5) is 0. The Labute approximate surface area is 97.0 Å². The minimum atomic E-state index is -0.638. The maximum absolute atomic E-state index is 9.00. The molecule has 0 saturated carbocycles. The number of ether oxygens (including phenoxy) is 1. The third-order valence-corrected chi connectivity index (χ3v) is 2.67. The Morgan fingerprint density at radius 3 is 2.69 bits per heavy atom. The van der Waals surface area contributed by atoms with Gasteiger partial charge < -0.3 is 4.74 Å². The van der Waals surface area contributed by atoms with E-state index >= 15 is 0 Å². The zero-order valence-corrected chi connectivity index (χ0v) is 10.1. The van der Waals surface area contributed by atoms with Crippen LogP contribution in [0.1, 0.15) is 19.4 Å². The lowest BCUT2D eigenvalue weighted by atomic mass is 10.1. The van der Waals surface area contributed by atoms with Crippen molar-refractivity contribution in [3.05, 3.63) is 29.8 Å². The molecule has 16 heavy (non-hydrogen) atoms. The molecular weight excluding hydrogens is 200 g/mol. The molecule has 0 bridgehead atoms. The van der Waals surface area contributed by atoms with Crippen LogP contribution in [0.3, 0.4) is 0 Å². The van der Waals surface area contributed by atoms with Gasteiger partial charge in [0.05, 0.1) is 6.07 Å². The number of rotatable bonds is 5. The number of hydrogen-bond donors (Lipinski definition) is 1. The second kappa shape index (κ2) is 5.53. The standard InChI is InChI=1S/C13H18N2O/c1-4-11-7-5-6-8-12(11)16-10-13(2,9-14)15-3/h5-8,15H,4,10H2,1-3H3. The van der Waals surface area contributed by atoms with Crippen molar-refractivity contribution in [3.63, 3.8) is 0 Å². The average molecular weight is 218 g/mol. The number of hydrogen-bond acceptors (Lipinski definition) is 3. The van der Waals surface area contributed by atoms with Gasteiger partial charge in [-0.2, -0.15) is 5.26 Å². The van der Waals surface area contributed by atoms with Gasteiger partial charge in [-0.25, -0.2) is 0 Å². The highest BCUT2D eigenvalue weighted by molar-refractivity contribution is 5.33. The van der Waals surface area contributed by atoms with Crippen LogP contribution in [0.5, 0.6) is 5.75 Å². The molecule has 0 aliphatic rings. The van der Waals surface area contributed by atoms with Gasteiger partial charge in [-0.1, -0.05) is 25.1 Å². The van der Waals surface area contributed by atoms with E-state index in [1.165, 1.54) is 5.56 Å². The van der Waals surface area contributed by atoms with Gasteiger partial charge in [0.15, 0.2) is 0 Å². The van der Waals surface area contributed by atoms with Gasteiger partial charge >= 0.3 is 0 Å².